The Morgan fingerprint density at radius 2 is 1.87 bits per heavy atom. The summed E-state index contributed by atoms with van der Waals surface area (Å²) in [6.45, 7) is 5.88. The molecule has 30 heavy (non-hydrogen) atoms. The summed E-state index contributed by atoms with van der Waals surface area (Å²) in [4.78, 5) is 30.0. The third-order valence-electron chi connectivity index (χ3n) is 4.86. The number of pyridine rings is 3. The highest BCUT2D eigenvalue weighted by Gasteiger charge is 2.20. The van der Waals surface area contributed by atoms with Crippen LogP contribution in [0.2, 0.25) is 0 Å². The summed E-state index contributed by atoms with van der Waals surface area (Å²) in [6.07, 6.45) is 5.35. The highest BCUT2D eigenvalue weighted by atomic mass is 32.2. The molecule has 0 atom stereocenters. The van der Waals surface area contributed by atoms with Crippen molar-refractivity contribution in [3.8, 4) is 16.9 Å². The van der Waals surface area contributed by atoms with Crippen molar-refractivity contribution in [2.45, 2.75) is 31.7 Å². The molecule has 4 aromatic heterocycles. The van der Waals surface area contributed by atoms with Crippen LogP contribution in [0, 0.1) is 12.9 Å². The Kier molecular flexibility index (Phi) is 5.34. The van der Waals surface area contributed by atoms with Crippen molar-refractivity contribution in [2.24, 2.45) is 0 Å². The van der Waals surface area contributed by atoms with Gasteiger partial charge in [0.25, 0.3) is 0 Å². The number of aromatic nitrogens is 5. The number of aryl methyl sites for hydroxylation is 1. The Bertz CT molecular complexity index is 1320. The van der Waals surface area contributed by atoms with E-state index < -0.39 is 11.6 Å². The molecule has 0 N–H and O–H groups in total. The van der Waals surface area contributed by atoms with Gasteiger partial charge >= 0.3 is 5.69 Å². The summed E-state index contributed by atoms with van der Waals surface area (Å²) in [5, 5.41) is 0.971. The van der Waals surface area contributed by atoms with Crippen LogP contribution in [-0.4, -0.2) is 30.8 Å². The molecule has 0 fully saturated rings. The maximum atomic E-state index is 14.6. The first-order valence-corrected chi connectivity index (χ1v) is 10.7. The van der Waals surface area contributed by atoms with Crippen molar-refractivity contribution in [3.05, 3.63) is 70.4 Å². The topological polar surface area (TPSA) is 73.6 Å². The van der Waals surface area contributed by atoms with Crippen LogP contribution in [0.1, 0.15) is 31.0 Å². The second-order valence-electron chi connectivity index (χ2n) is 7.16. The summed E-state index contributed by atoms with van der Waals surface area (Å²) < 4.78 is 16.0. The number of nitrogens with zero attached hydrogens (tertiary/aromatic N) is 5. The Labute approximate surface area is 177 Å². The standard InChI is InChI=1S/C22H20FN5OS/c1-12(2)17-18(13(3)9-11-24-17)28-20-15(19(23)27-22(28)29)7-8-16(26-20)14-6-5-10-25-21(14)30-4/h5-12H,1-4H3. The number of fused-ring (bicyclic) bond motifs is 1. The highest BCUT2D eigenvalue weighted by Crippen LogP contribution is 2.30. The van der Waals surface area contributed by atoms with Crippen LogP contribution in [0.3, 0.4) is 0 Å². The third kappa shape index (κ3) is 3.37. The van der Waals surface area contributed by atoms with Gasteiger partial charge in [0.2, 0.25) is 5.95 Å². The predicted molar refractivity (Wildman–Crippen MR) is 117 cm³/mol. The summed E-state index contributed by atoms with van der Waals surface area (Å²) in [6, 6.07) is 8.87. The first-order valence-electron chi connectivity index (χ1n) is 9.47. The molecule has 0 bridgehead atoms. The van der Waals surface area contributed by atoms with E-state index in [-0.39, 0.29) is 17.0 Å². The van der Waals surface area contributed by atoms with Crippen LogP contribution >= 0.6 is 11.8 Å². The summed E-state index contributed by atoms with van der Waals surface area (Å²) in [7, 11) is 0. The van der Waals surface area contributed by atoms with Gasteiger partial charge in [0.1, 0.15) is 5.03 Å². The molecule has 0 aromatic carbocycles. The van der Waals surface area contributed by atoms with Gasteiger partial charge in [0.15, 0.2) is 5.65 Å². The quantitative estimate of drug-likeness (QED) is 0.356. The van der Waals surface area contributed by atoms with Crippen molar-refractivity contribution < 1.29 is 4.39 Å². The van der Waals surface area contributed by atoms with Crippen molar-refractivity contribution in [3.63, 3.8) is 0 Å². The molecule has 0 saturated heterocycles. The number of hydrogen-bond acceptors (Lipinski definition) is 6. The molecule has 8 heteroatoms. The van der Waals surface area contributed by atoms with Gasteiger partial charge in [-0.05, 0) is 55.0 Å². The van der Waals surface area contributed by atoms with Gasteiger partial charge < -0.3 is 0 Å². The van der Waals surface area contributed by atoms with Gasteiger partial charge in [0, 0.05) is 18.0 Å². The minimum absolute atomic E-state index is 0.0523. The molecule has 4 rings (SSSR count). The number of hydrogen-bond donors (Lipinski definition) is 0. The lowest BCUT2D eigenvalue weighted by Gasteiger charge is -2.17. The Hall–Kier alpha value is -3.13. The van der Waals surface area contributed by atoms with Crippen LogP contribution in [0.5, 0.6) is 0 Å². The molecule has 0 saturated carbocycles. The zero-order chi connectivity index (χ0) is 21.4. The van der Waals surface area contributed by atoms with Gasteiger partial charge in [-0.2, -0.15) is 9.37 Å². The molecule has 152 valence electrons. The SMILES string of the molecule is CSc1ncccc1-c1ccc2c(F)nc(=O)n(-c3c(C)ccnc3C(C)C)c2n1. The smallest absolute Gasteiger partial charge is 0.259 e. The largest absolute Gasteiger partial charge is 0.356 e. The summed E-state index contributed by atoms with van der Waals surface area (Å²) in [5.41, 5.74) is 3.06. The summed E-state index contributed by atoms with van der Waals surface area (Å²) in [5.74, 6) is -0.786. The minimum atomic E-state index is -0.839. The lowest BCUT2D eigenvalue weighted by Crippen LogP contribution is -2.26. The van der Waals surface area contributed by atoms with E-state index in [1.165, 1.54) is 16.3 Å². The summed E-state index contributed by atoms with van der Waals surface area (Å²) >= 11 is 1.50. The van der Waals surface area contributed by atoms with Crippen molar-refractivity contribution in [1.29, 1.82) is 0 Å². The first-order chi connectivity index (χ1) is 14.4. The van der Waals surface area contributed by atoms with Gasteiger partial charge in [-0.15, -0.1) is 11.8 Å². The molecule has 4 aromatic rings. The van der Waals surface area contributed by atoms with Crippen molar-refractivity contribution in [2.75, 3.05) is 6.26 Å². The first kappa shape index (κ1) is 20.2. The fourth-order valence-electron chi connectivity index (χ4n) is 3.45. The average Bonchev–Trinajstić information content (AvgIpc) is 2.74. The van der Waals surface area contributed by atoms with Crippen LogP contribution in [0.4, 0.5) is 4.39 Å². The molecule has 0 amide bonds. The predicted octanol–water partition coefficient (Wildman–Crippen LogP) is 4.53. The zero-order valence-electron chi connectivity index (χ0n) is 17.0. The minimum Gasteiger partial charge on any atom is -0.259 e. The van der Waals surface area contributed by atoms with Gasteiger partial charge in [-0.3, -0.25) is 4.98 Å². The van der Waals surface area contributed by atoms with Crippen LogP contribution in [0.15, 0.2) is 52.5 Å². The molecular formula is C22H20FN5OS. The lowest BCUT2D eigenvalue weighted by atomic mass is 10.0. The molecular weight excluding hydrogens is 401 g/mol. The van der Waals surface area contributed by atoms with Crippen LogP contribution in [-0.2, 0) is 0 Å². The van der Waals surface area contributed by atoms with E-state index in [1.807, 2.05) is 45.2 Å². The van der Waals surface area contributed by atoms with E-state index in [9.17, 15) is 9.18 Å². The second-order valence-corrected chi connectivity index (χ2v) is 7.96. The van der Waals surface area contributed by atoms with Gasteiger partial charge in [-0.25, -0.2) is 19.3 Å². The van der Waals surface area contributed by atoms with E-state index in [4.69, 9.17) is 4.98 Å². The van der Waals surface area contributed by atoms with E-state index in [1.54, 1.807) is 24.5 Å². The molecule has 4 heterocycles. The molecule has 0 unspecified atom stereocenters. The fraction of sp³-hybridized carbons (Fsp3) is 0.227. The number of thioether (sulfide) groups is 1. The normalized spacial score (nSPS) is 11.4. The number of rotatable bonds is 4. The lowest BCUT2D eigenvalue weighted by molar-refractivity contribution is 0.582. The second kappa shape index (κ2) is 7.95. The monoisotopic (exact) mass is 421 g/mol. The molecule has 0 aliphatic heterocycles. The maximum absolute atomic E-state index is 14.6. The molecule has 0 radical (unpaired) electrons. The van der Waals surface area contributed by atoms with Gasteiger partial charge in [-0.1, -0.05) is 13.8 Å². The molecule has 0 spiro atoms. The van der Waals surface area contributed by atoms with Crippen molar-refractivity contribution >= 4 is 22.8 Å². The van der Waals surface area contributed by atoms with Crippen molar-refractivity contribution in [1.82, 2.24) is 24.5 Å². The van der Waals surface area contributed by atoms with Crippen LogP contribution in [0.25, 0.3) is 28.0 Å². The molecule has 0 aliphatic carbocycles. The Morgan fingerprint density at radius 1 is 1.07 bits per heavy atom. The average molecular weight is 422 g/mol. The highest BCUT2D eigenvalue weighted by molar-refractivity contribution is 7.98. The Balaban J connectivity index is 2.11. The third-order valence-corrected chi connectivity index (χ3v) is 5.57. The van der Waals surface area contributed by atoms with E-state index in [0.29, 0.717) is 11.4 Å². The zero-order valence-corrected chi connectivity index (χ0v) is 17.9. The number of halogens is 1. The Morgan fingerprint density at radius 3 is 2.60 bits per heavy atom. The van der Waals surface area contributed by atoms with Gasteiger partial charge in [0.05, 0.1) is 22.5 Å². The maximum Gasteiger partial charge on any atom is 0.356 e. The van der Waals surface area contributed by atoms with E-state index >= 15 is 0 Å². The van der Waals surface area contributed by atoms with E-state index in [0.717, 1.165) is 21.8 Å². The molecule has 0 aliphatic rings. The molecule has 6 nitrogen and oxygen atoms in total. The fourth-order valence-corrected chi connectivity index (χ4v) is 4.01. The van der Waals surface area contributed by atoms with Crippen LogP contribution < -0.4 is 5.69 Å². The van der Waals surface area contributed by atoms with E-state index in [2.05, 4.69) is 15.0 Å².